The van der Waals surface area contributed by atoms with Gasteiger partial charge in [-0.3, -0.25) is 0 Å². The molecular weight excluding hydrogens is 282 g/mol. The number of benzene rings is 2. The van der Waals surface area contributed by atoms with Gasteiger partial charge in [0.15, 0.2) is 0 Å². The van der Waals surface area contributed by atoms with Crippen LogP contribution in [0.4, 0.5) is 0 Å². The third-order valence-electron chi connectivity index (χ3n) is 4.29. The molecule has 0 aliphatic carbocycles. The smallest absolute Gasteiger partial charge is 0.122 e. The van der Waals surface area contributed by atoms with Gasteiger partial charge in [-0.1, -0.05) is 74.5 Å². The van der Waals surface area contributed by atoms with Crippen molar-refractivity contribution in [1.29, 1.82) is 0 Å². The zero-order valence-corrected chi connectivity index (χ0v) is 14.0. The largest absolute Gasteiger partial charge is 0.410 e. The Bertz CT molecular complexity index is 633. The van der Waals surface area contributed by atoms with Crippen LogP contribution in [0.3, 0.4) is 0 Å². The third-order valence-corrected chi connectivity index (χ3v) is 4.29. The normalized spacial score (nSPS) is 18.0. The van der Waals surface area contributed by atoms with Gasteiger partial charge >= 0.3 is 0 Å². The second-order valence-electron chi connectivity index (χ2n) is 6.51. The molecule has 1 aliphatic heterocycles. The summed E-state index contributed by atoms with van der Waals surface area (Å²) >= 11 is 0. The van der Waals surface area contributed by atoms with Crippen LogP contribution in [0.2, 0.25) is 0 Å². The van der Waals surface area contributed by atoms with Gasteiger partial charge in [0.05, 0.1) is 12.6 Å². The Morgan fingerprint density at radius 3 is 2.09 bits per heavy atom. The summed E-state index contributed by atoms with van der Waals surface area (Å²) in [4.78, 5) is 6.16. The molecular formula is C21H25NO. The van der Waals surface area contributed by atoms with E-state index in [1.165, 1.54) is 11.1 Å². The highest BCUT2D eigenvalue weighted by Gasteiger charge is 2.29. The van der Waals surface area contributed by atoms with Crippen molar-refractivity contribution in [2.75, 3.05) is 0 Å². The van der Waals surface area contributed by atoms with Gasteiger partial charge < -0.3 is 4.84 Å². The van der Waals surface area contributed by atoms with Gasteiger partial charge in [0, 0.05) is 6.42 Å². The van der Waals surface area contributed by atoms with E-state index in [9.17, 15) is 0 Å². The molecule has 2 nitrogen and oxygen atoms in total. The van der Waals surface area contributed by atoms with Crippen LogP contribution >= 0.6 is 0 Å². The summed E-state index contributed by atoms with van der Waals surface area (Å²) < 4.78 is 0. The van der Waals surface area contributed by atoms with Crippen LogP contribution in [-0.4, -0.2) is 11.1 Å². The minimum Gasteiger partial charge on any atom is -0.410 e. The lowest BCUT2D eigenvalue weighted by Gasteiger charge is -2.25. The molecule has 0 saturated heterocycles. The van der Waals surface area contributed by atoms with Gasteiger partial charge in [-0.25, -0.2) is 0 Å². The molecule has 0 spiro atoms. The van der Waals surface area contributed by atoms with Crippen LogP contribution in [0.5, 0.6) is 0 Å². The molecule has 1 heterocycles. The molecule has 0 amide bonds. The second-order valence-corrected chi connectivity index (χ2v) is 6.51. The summed E-state index contributed by atoms with van der Waals surface area (Å²) in [5, 5.41) is 2.13. The molecule has 0 N–H and O–H groups in total. The Morgan fingerprint density at radius 2 is 1.48 bits per heavy atom. The monoisotopic (exact) mass is 307 g/mol. The Morgan fingerprint density at radius 1 is 0.870 bits per heavy atom. The first-order valence-corrected chi connectivity index (χ1v) is 8.45. The SMILES string of the molecule is CC(C)C1C=C(CCc2ccccc2)ON1Cc1ccccc1. The molecule has 1 atom stereocenters. The highest BCUT2D eigenvalue weighted by Crippen LogP contribution is 2.28. The number of hydrogen-bond acceptors (Lipinski definition) is 2. The fourth-order valence-electron chi connectivity index (χ4n) is 2.98. The van der Waals surface area contributed by atoms with Crippen LogP contribution in [0.25, 0.3) is 0 Å². The summed E-state index contributed by atoms with van der Waals surface area (Å²) in [5.74, 6) is 1.64. The Kier molecular flexibility index (Phi) is 5.14. The standard InChI is InChI=1S/C21H25NO/c1-17(2)21-15-20(14-13-18-9-5-3-6-10-18)23-22(21)16-19-11-7-4-8-12-19/h3-12,15,17,21H,13-14,16H2,1-2H3. The van der Waals surface area contributed by atoms with E-state index >= 15 is 0 Å². The van der Waals surface area contributed by atoms with Crippen molar-refractivity contribution in [2.45, 2.75) is 39.3 Å². The molecule has 1 unspecified atom stereocenters. The van der Waals surface area contributed by atoms with Crippen molar-refractivity contribution < 1.29 is 4.84 Å². The van der Waals surface area contributed by atoms with Crippen molar-refractivity contribution in [3.8, 4) is 0 Å². The predicted molar refractivity (Wildman–Crippen MR) is 94.5 cm³/mol. The van der Waals surface area contributed by atoms with Crippen LogP contribution in [0, 0.1) is 5.92 Å². The van der Waals surface area contributed by atoms with Crippen LogP contribution in [-0.2, 0) is 17.8 Å². The van der Waals surface area contributed by atoms with E-state index < -0.39 is 0 Å². The van der Waals surface area contributed by atoms with E-state index in [0.717, 1.165) is 25.1 Å². The van der Waals surface area contributed by atoms with E-state index in [4.69, 9.17) is 4.84 Å². The Hall–Kier alpha value is -2.06. The van der Waals surface area contributed by atoms with Gasteiger partial charge in [0.1, 0.15) is 5.76 Å². The van der Waals surface area contributed by atoms with Gasteiger partial charge in [-0.2, -0.15) is 0 Å². The number of nitrogens with zero attached hydrogens (tertiary/aromatic N) is 1. The fourth-order valence-corrected chi connectivity index (χ4v) is 2.98. The molecule has 23 heavy (non-hydrogen) atoms. The predicted octanol–water partition coefficient (Wildman–Crippen LogP) is 4.98. The molecule has 2 aromatic rings. The highest BCUT2D eigenvalue weighted by molar-refractivity contribution is 5.18. The second kappa shape index (κ2) is 7.47. The Balaban J connectivity index is 1.63. The minimum atomic E-state index is 0.348. The van der Waals surface area contributed by atoms with E-state index in [1.54, 1.807) is 0 Å². The molecule has 0 bridgehead atoms. The van der Waals surface area contributed by atoms with Crippen LogP contribution in [0.15, 0.2) is 72.5 Å². The van der Waals surface area contributed by atoms with E-state index in [1.807, 2.05) is 0 Å². The van der Waals surface area contributed by atoms with Crippen molar-refractivity contribution >= 4 is 0 Å². The van der Waals surface area contributed by atoms with Gasteiger partial charge in [0.25, 0.3) is 0 Å². The lowest BCUT2D eigenvalue weighted by atomic mass is 10.0. The Labute approximate surface area is 139 Å². The maximum Gasteiger partial charge on any atom is 0.122 e. The van der Waals surface area contributed by atoms with E-state index in [2.05, 4.69) is 85.7 Å². The average molecular weight is 307 g/mol. The first kappa shape index (κ1) is 15.8. The van der Waals surface area contributed by atoms with Gasteiger partial charge in [-0.05, 0) is 29.5 Å². The third kappa shape index (κ3) is 4.23. The maximum absolute atomic E-state index is 6.16. The molecule has 120 valence electrons. The van der Waals surface area contributed by atoms with E-state index in [-0.39, 0.29) is 0 Å². The maximum atomic E-state index is 6.16. The molecule has 2 heteroatoms. The van der Waals surface area contributed by atoms with Crippen molar-refractivity contribution in [2.24, 2.45) is 5.92 Å². The number of hydroxylamine groups is 2. The molecule has 0 saturated carbocycles. The molecule has 0 aromatic heterocycles. The van der Waals surface area contributed by atoms with Crippen LogP contribution in [0.1, 0.15) is 31.4 Å². The fraction of sp³-hybridized carbons (Fsp3) is 0.333. The molecule has 3 rings (SSSR count). The minimum absolute atomic E-state index is 0.348. The number of allylic oxidation sites excluding steroid dienone is 1. The molecule has 0 fully saturated rings. The first-order chi connectivity index (χ1) is 11.2. The van der Waals surface area contributed by atoms with Crippen molar-refractivity contribution in [3.05, 3.63) is 83.6 Å². The average Bonchev–Trinajstić information content (AvgIpc) is 2.98. The molecule has 2 aromatic carbocycles. The quantitative estimate of drug-likeness (QED) is 0.746. The summed E-state index contributed by atoms with van der Waals surface area (Å²) in [7, 11) is 0. The van der Waals surface area contributed by atoms with Crippen LogP contribution < -0.4 is 0 Å². The number of rotatable bonds is 6. The summed E-state index contributed by atoms with van der Waals surface area (Å²) in [6.07, 6.45) is 4.28. The van der Waals surface area contributed by atoms with Gasteiger partial charge in [0.2, 0.25) is 0 Å². The zero-order valence-electron chi connectivity index (χ0n) is 14.0. The number of hydrogen-bond donors (Lipinski definition) is 0. The highest BCUT2D eigenvalue weighted by atomic mass is 16.7. The molecule has 0 radical (unpaired) electrons. The zero-order chi connectivity index (χ0) is 16.1. The number of aryl methyl sites for hydroxylation is 1. The van der Waals surface area contributed by atoms with Crippen molar-refractivity contribution in [1.82, 2.24) is 5.06 Å². The lowest BCUT2D eigenvalue weighted by Crippen LogP contribution is -2.32. The summed E-state index contributed by atoms with van der Waals surface area (Å²) in [6, 6.07) is 21.5. The van der Waals surface area contributed by atoms with Gasteiger partial charge in [-0.15, -0.1) is 5.06 Å². The van der Waals surface area contributed by atoms with E-state index in [0.29, 0.717) is 12.0 Å². The lowest BCUT2D eigenvalue weighted by molar-refractivity contribution is -0.136. The summed E-state index contributed by atoms with van der Waals surface area (Å²) in [5.41, 5.74) is 2.65. The first-order valence-electron chi connectivity index (χ1n) is 8.45. The topological polar surface area (TPSA) is 12.5 Å². The molecule has 1 aliphatic rings. The van der Waals surface area contributed by atoms with Crippen molar-refractivity contribution in [3.63, 3.8) is 0 Å². The summed E-state index contributed by atoms with van der Waals surface area (Å²) in [6.45, 7) is 5.33.